The summed E-state index contributed by atoms with van der Waals surface area (Å²) in [6.45, 7) is 5.25. The Labute approximate surface area is 102 Å². The standard InChI is InChI=1S/C13H19NO3/c1-3-7-16-8-9-17-13(15)11-6-4-5-10(2)12(11)14/h4-6H,3,7-9,14H2,1-2H3. The maximum atomic E-state index is 11.7. The Morgan fingerprint density at radius 3 is 2.76 bits per heavy atom. The van der Waals surface area contributed by atoms with Crippen molar-refractivity contribution in [2.45, 2.75) is 20.3 Å². The van der Waals surface area contributed by atoms with Gasteiger partial charge in [0.2, 0.25) is 0 Å². The zero-order valence-electron chi connectivity index (χ0n) is 10.4. The number of carbonyl (C=O) groups is 1. The summed E-state index contributed by atoms with van der Waals surface area (Å²) in [7, 11) is 0. The summed E-state index contributed by atoms with van der Waals surface area (Å²) in [5.41, 5.74) is 7.58. The van der Waals surface area contributed by atoms with Crippen LogP contribution in [-0.4, -0.2) is 25.8 Å². The van der Waals surface area contributed by atoms with Crippen LogP contribution in [0.5, 0.6) is 0 Å². The number of para-hydroxylation sites is 1. The quantitative estimate of drug-likeness (QED) is 0.468. The molecule has 0 aromatic heterocycles. The number of carbonyl (C=O) groups excluding carboxylic acids is 1. The molecule has 0 unspecified atom stereocenters. The maximum absolute atomic E-state index is 11.7. The summed E-state index contributed by atoms with van der Waals surface area (Å²) in [5, 5.41) is 0. The van der Waals surface area contributed by atoms with Crippen LogP contribution in [0.1, 0.15) is 29.3 Å². The molecular formula is C13H19NO3. The minimum absolute atomic E-state index is 0.256. The van der Waals surface area contributed by atoms with E-state index in [-0.39, 0.29) is 6.61 Å². The molecule has 0 aliphatic rings. The molecule has 0 bridgehead atoms. The summed E-state index contributed by atoms with van der Waals surface area (Å²) in [5.74, 6) is -0.397. The van der Waals surface area contributed by atoms with E-state index in [9.17, 15) is 4.79 Å². The number of ether oxygens (including phenoxy) is 2. The molecular weight excluding hydrogens is 218 g/mol. The van der Waals surface area contributed by atoms with Crippen LogP contribution in [0, 0.1) is 6.92 Å². The van der Waals surface area contributed by atoms with Gasteiger partial charge in [-0.25, -0.2) is 4.79 Å². The molecule has 0 amide bonds. The number of rotatable bonds is 6. The Morgan fingerprint density at radius 1 is 1.29 bits per heavy atom. The highest BCUT2D eigenvalue weighted by atomic mass is 16.6. The van der Waals surface area contributed by atoms with Gasteiger partial charge in [0.25, 0.3) is 0 Å². The minimum atomic E-state index is -0.397. The van der Waals surface area contributed by atoms with E-state index in [1.165, 1.54) is 0 Å². The predicted octanol–water partition coefficient (Wildman–Crippen LogP) is 2.16. The van der Waals surface area contributed by atoms with Crippen LogP contribution >= 0.6 is 0 Å². The van der Waals surface area contributed by atoms with Crippen LogP contribution in [-0.2, 0) is 9.47 Å². The van der Waals surface area contributed by atoms with Gasteiger partial charge >= 0.3 is 5.97 Å². The van der Waals surface area contributed by atoms with Crippen LogP contribution in [0.3, 0.4) is 0 Å². The van der Waals surface area contributed by atoms with Gasteiger partial charge in [-0.1, -0.05) is 19.1 Å². The van der Waals surface area contributed by atoms with Gasteiger partial charge in [0, 0.05) is 12.3 Å². The summed E-state index contributed by atoms with van der Waals surface area (Å²) < 4.78 is 10.3. The zero-order valence-corrected chi connectivity index (χ0v) is 10.4. The van der Waals surface area contributed by atoms with Crippen molar-refractivity contribution in [3.8, 4) is 0 Å². The fourth-order valence-electron chi connectivity index (χ4n) is 1.38. The van der Waals surface area contributed by atoms with E-state index in [0.717, 1.165) is 12.0 Å². The molecule has 0 radical (unpaired) electrons. The Bertz CT molecular complexity index is 377. The molecule has 0 spiro atoms. The summed E-state index contributed by atoms with van der Waals surface area (Å²) in [4.78, 5) is 11.7. The lowest BCUT2D eigenvalue weighted by Gasteiger charge is -2.08. The van der Waals surface area contributed by atoms with Crippen LogP contribution in [0.25, 0.3) is 0 Å². The maximum Gasteiger partial charge on any atom is 0.340 e. The van der Waals surface area contributed by atoms with Gasteiger partial charge in [-0.2, -0.15) is 0 Å². The first-order chi connectivity index (χ1) is 8.16. The van der Waals surface area contributed by atoms with Gasteiger partial charge in [0.15, 0.2) is 0 Å². The monoisotopic (exact) mass is 237 g/mol. The second-order valence-corrected chi connectivity index (χ2v) is 3.78. The molecule has 1 rings (SSSR count). The third kappa shape index (κ3) is 4.07. The van der Waals surface area contributed by atoms with Crippen molar-refractivity contribution < 1.29 is 14.3 Å². The molecule has 94 valence electrons. The number of hydrogen-bond acceptors (Lipinski definition) is 4. The molecule has 1 aromatic carbocycles. The second-order valence-electron chi connectivity index (χ2n) is 3.78. The average Bonchev–Trinajstić information content (AvgIpc) is 2.32. The highest BCUT2D eigenvalue weighted by Crippen LogP contribution is 2.17. The normalized spacial score (nSPS) is 10.2. The number of hydrogen-bond donors (Lipinski definition) is 1. The molecule has 0 saturated heterocycles. The van der Waals surface area contributed by atoms with E-state index >= 15 is 0 Å². The molecule has 2 N–H and O–H groups in total. The molecule has 4 nitrogen and oxygen atoms in total. The van der Waals surface area contributed by atoms with Crippen molar-refractivity contribution in [2.75, 3.05) is 25.6 Å². The Morgan fingerprint density at radius 2 is 2.06 bits per heavy atom. The Balaban J connectivity index is 2.44. The first-order valence-corrected chi connectivity index (χ1v) is 5.76. The molecule has 1 aromatic rings. The SMILES string of the molecule is CCCOCCOC(=O)c1cccc(C)c1N. The molecule has 0 atom stereocenters. The van der Waals surface area contributed by atoms with E-state index in [1.54, 1.807) is 12.1 Å². The molecule has 0 fully saturated rings. The summed E-state index contributed by atoms with van der Waals surface area (Å²) in [6, 6.07) is 5.31. The van der Waals surface area contributed by atoms with Crippen molar-refractivity contribution >= 4 is 11.7 Å². The third-order valence-corrected chi connectivity index (χ3v) is 2.35. The number of nitrogens with two attached hydrogens (primary N) is 1. The molecule has 17 heavy (non-hydrogen) atoms. The number of benzene rings is 1. The van der Waals surface area contributed by atoms with Crippen molar-refractivity contribution in [1.29, 1.82) is 0 Å². The Hall–Kier alpha value is -1.55. The second kappa shape index (κ2) is 6.91. The largest absolute Gasteiger partial charge is 0.460 e. The Kier molecular flexibility index (Phi) is 5.49. The lowest BCUT2D eigenvalue weighted by atomic mass is 10.1. The number of esters is 1. The van der Waals surface area contributed by atoms with Gasteiger partial charge in [-0.15, -0.1) is 0 Å². The molecule has 4 heteroatoms. The van der Waals surface area contributed by atoms with E-state index in [1.807, 2.05) is 19.9 Å². The minimum Gasteiger partial charge on any atom is -0.460 e. The van der Waals surface area contributed by atoms with E-state index < -0.39 is 5.97 Å². The fraction of sp³-hybridized carbons (Fsp3) is 0.462. The predicted molar refractivity (Wildman–Crippen MR) is 67.0 cm³/mol. The van der Waals surface area contributed by atoms with Gasteiger partial charge in [-0.05, 0) is 25.0 Å². The lowest BCUT2D eigenvalue weighted by molar-refractivity contribution is 0.0319. The zero-order chi connectivity index (χ0) is 12.7. The van der Waals surface area contributed by atoms with Gasteiger partial charge in [-0.3, -0.25) is 0 Å². The molecule has 0 saturated carbocycles. The van der Waals surface area contributed by atoms with Crippen molar-refractivity contribution in [2.24, 2.45) is 0 Å². The highest BCUT2D eigenvalue weighted by Gasteiger charge is 2.11. The van der Waals surface area contributed by atoms with Gasteiger partial charge < -0.3 is 15.2 Å². The number of aryl methyl sites for hydroxylation is 1. The average molecular weight is 237 g/mol. The fourth-order valence-corrected chi connectivity index (χ4v) is 1.38. The van der Waals surface area contributed by atoms with Crippen molar-refractivity contribution in [1.82, 2.24) is 0 Å². The number of anilines is 1. The van der Waals surface area contributed by atoms with Gasteiger partial charge in [0.1, 0.15) is 6.61 Å². The molecule has 0 aliphatic heterocycles. The van der Waals surface area contributed by atoms with E-state index in [2.05, 4.69) is 0 Å². The van der Waals surface area contributed by atoms with E-state index in [0.29, 0.717) is 24.5 Å². The first-order valence-electron chi connectivity index (χ1n) is 5.76. The van der Waals surface area contributed by atoms with Crippen molar-refractivity contribution in [3.05, 3.63) is 29.3 Å². The van der Waals surface area contributed by atoms with Gasteiger partial charge in [0.05, 0.1) is 12.2 Å². The van der Waals surface area contributed by atoms with E-state index in [4.69, 9.17) is 15.2 Å². The highest BCUT2D eigenvalue weighted by molar-refractivity contribution is 5.95. The summed E-state index contributed by atoms with van der Waals surface area (Å²) >= 11 is 0. The first kappa shape index (κ1) is 13.5. The van der Waals surface area contributed by atoms with Crippen LogP contribution in [0.15, 0.2) is 18.2 Å². The molecule has 0 aliphatic carbocycles. The van der Waals surface area contributed by atoms with Crippen LogP contribution in [0.4, 0.5) is 5.69 Å². The lowest BCUT2D eigenvalue weighted by Crippen LogP contribution is -2.13. The topological polar surface area (TPSA) is 61.5 Å². The van der Waals surface area contributed by atoms with Crippen LogP contribution in [0.2, 0.25) is 0 Å². The van der Waals surface area contributed by atoms with Crippen LogP contribution < -0.4 is 5.73 Å². The number of nitrogen functional groups attached to an aromatic ring is 1. The third-order valence-electron chi connectivity index (χ3n) is 2.35. The van der Waals surface area contributed by atoms with Crippen molar-refractivity contribution in [3.63, 3.8) is 0 Å². The smallest absolute Gasteiger partial charge is 0.340 e. The summed E-state index contributed by atoms with van der Waals surface area (Å²) in [6.07, 6.45) is 0.957. The molecule has 0 heterocycles.